The maximum Gasteiger partial charge on any atom is 0.274 e. The first-order valence-electron chi connectivity index (χ1n) is 9.99. The largest absolute Gasteiger partial charge is 0.350 e. The average molecular weight is 418 g/mol. The number of anilines is 2. The molecule has 2 aromatic heterocycles. The highest BCUT2D eigenvalue weighted by Gasteiger charge is 2.21. The number of hydrogen-bond acceptors (Lipinski definition) is 5. The molecule has 9 nitrogen and oxygen atoms in total. The lowest BCUT2D eigenvalue weighted by molar-refractivity contribution is -0.122. The van der Waals surface area contributed by atoms with Crippen molar-refractivity contribution in [3.63, 3.8) is 0 Å². The Kier molecular flexibility index (Phi) is 6.02. The number of nitrogens with one attached hydrogen (secondary N) is 2. The van der Waals surface area contributed by atoms with E-state index in [-0.39, 0.29) is 24.3 Å². The average Bonchev–Trinajstić information content (AvgIpc) is 3.42. The molecule has 3 aromatic rings. The van der Waals surface area contributed by atoms with Gasteiger partial charge in [0.15, 0.2) is 0 Å². The van der Waals surface area contributed by atoms with Gasteiger partial charge in [0, 0.05) is 37.6 Å². The molecule has 1 aliphatic heterocycles. The fourth-order valence-corrected chi connectivity index (χ4v) is 3.33. The van der Waals surface area contributed by atoms with Crippen molar-refractivity contribution in [1.29, 1.82) is 0 Å². The molecule has 0 radical (unpaired) electrons. The van der Waals surface area contributed by atoms with Gasteiger partial charge in [-0.15, -0.1) is 0 Å². The van der Waals surface area contributed by atoms with Gasteiger partial charge in [0.2, 0.25) is 11.8 Å². The molecule has 0 aliphatic carbocycles. The third-order valence-corrected chi connectivity index (χ3v) is 4.91. The van der Waals surface area contributed by atoms with Gasteiger partial charge in [-0.2, -0.15) is 5.10 Å². The van der Waals surface area contributed by atoms with Gasteiger partial charge in [0.05, 0.1) is 11.9 Å². The van der Waals surface area contributed by atoms with Gasteiger partial charge < -0.3 is 15.5 Å². The first kappa shape index (κ1) is 20.3. The van der Waals surface area contributed by atoms with Crippen LogP contribution in [0.3, 0.4) is 0 Å². The zero-order valence-electron chi connectivity index (χ0n) is 16.8. The summed E-state index contributed by atoms with van der Waals surface area (Å²) in [6.07, 6.45) is 6.09. The summed E-state index contributed by atoms with van der Waals surface area (Å²) in [5.74, 6) is -0.399. The number of hydrogen-bond donors (Lipinski definition) is 2. The third-order valence-electron chi connectivity index (χ3n) is 4.91. The Morgan fingerprint density at radius 1 is 1.10 bits per heavy atom. The summed E-state index contributed by atoms with van der Waals surface area (Å²) in [5, 5.41) is 9.64. The van der Waals surface area contributed by atoms with E-state index in [0.717, 1.165) is 24.2 Å². The summed E-state index contributed by atoms with van der Waals surface area (Å²) in [6.45, 7) is 1.15. The number of aromatic nitrogens is 3. The van der Waals surface area contributed by atoms with Crippen LogP contribution in [0.25, 0.3) is 0 Å². The van der Waals surface area contributed by atoms with Crippen LogP contribution in [0.4, 0.5) is 11.4 Å². The zero-order valence-corrected chi connectivity index (χ0v) is 16.8. The van der Waals surface area contributed by atoms with Gasteiger partial charge >= 0.3 is 0 Å². The number of rotatable bonds is 7. The first-order chi connectivity index (χ1) is 15.1. The van der Waals surface area contributed by atoms with Gasteiger partial charge in [0.1, 0.15) is 12.2 Å². The van der Waals surface area contributed by atoms with Gasteiger partial charge in [0.25, 0.3) is 5.91 Å². The summed E-state index contributed by atoms with van der Waals surface area (Å²) >= 11 is 0. The number of amides is 3. The van der Waals surface area contributed by atoms with E-state index in [1.165, 1.54) is 10.9 Å². The molecule has 3 heterocycles. The molecule has 158 valence electrons. The normalized spacial score (nSPS) is 13.3. The van der Waals surface area contributed by atoms with E-state index in [9.17, 15) is 14.4 Å². The summed E-state index contributed by atoms with van der Waals surface area (Å²) in [7, 11) is 0. The Hall–Kier alpha value is -4.01. The van der Waals surface area contributed by atoms with Crippen LogP contribution < -0.4 is 15.5 Å². The van der Waals surface area contributed by atoms with E-state index in [2.05, 4.69) is 20.7 Å². The molecule has 1 aromatic carbocycles. The second-order valence-corrected chi connectivity index (χ2v) is 7.19. The Balaban J connectivity index is 1.26. The van der Waals surface area contributed by atoms with Crippen LogP contribution in [0.2, 0.25) is 0 Å². The van der Waals surface area contributed by atoms with Crippen molar-refractivity contribution in [3.05, 3.63) is 72.3 Å². The van der Waals surface area contributed by atoms with Crippen LogP contribution in [0, 0.1) is 0 Å². The number of carbonyl (C=O) groups is 3. The van der Waals surface area contributed by atoms with Gasteiger partial charge in [-0.05, 0) is 36.2 Å². The van der Waals surface area contributed by atoms with Crippen LogP contribution in [0.15, 0.2) is 61.1 Å². The monoisotopic (exact) mass is 418 g/mol. The highest BCUT2D eigenvalue weighted by Crippen LogP contribution is 2.21. The van der Waals surface area contributed by atoms with Gasteiger partial charge in [-0.3, -0.25) is 24.0 Å². The van der Waals surface area contributed by atoms with E-state index in [0.29, 0.717) is 24.3 Å². The molecule has 31 heavy (non-hydrogen) atoms. The lowest BCUT2D eigenvalue weighted by Gasteiger charge is -2.16. The minimum atomic E-state index is -0.344. The summed E-state index contributed by atoms with van der Waals surface area (Å²) in [6, 6.07) is 12.7. The van der Waals surface area contributed by atoms with E-state index < -0.39 is 0 Å². The van der Waals surface area contributed by atoms with Crippen LogP contribution in [-0.4, -0.2) is 39.0 Å². The highest BCUT2D eigenvalue weighted by molar-refractivity contribution is 6.02. The Labute approximate surface area is 179 Å². The minimum absolute atomic E-state index is 0.0276. The molecule has 0 bridgehead atoms. The molecule has 9 heteroatoms. The van der Waals surface area contributed by atoms with Crippen molar-refractivity contribution in [2.45, 2.75) is 25.9 Å². The van der Waals surface area contributed by atoms with Crippen molar-refractivity contribution in [2.75, 3.05) is 16.8 Å². The number of carbonyl (C=O) groups excluding carboxylic acids is 3. The van der Waals surface area contributed by atoms with Crippen molar-refractivity contribution in [1.82, 2.24) is 20.1 Å². The molecule has 0 unspecified atom stereocenters. The lowest BCUT2D eigenvalue weighted by atomic mass is 10.2. The molecule has 1 saturated heterocycles. The second-order valence-electron chi connectivity index (χ2n) is 7.19. The molecule has 4 rings (SSSR count). The van der Waals surface area contributed by atoms with Crippen molar-refractivity contribution < 1.29 is 14.4 Å². The topological polar surface area (TPSA) is 109 Å². The van der Waals surface area contributed by atoms with Crippen LogP contribution in [-0.2, 0) is 22.7 Å². The van der Waals surface area contributed by atoms with Crippen molar-refractivity contribution >= 4 is 29.1 Å². The number of nitrogens with zero attached hydrogens (tertiary/aromatic N) is 4. The Morgan fingerprint density at radius 3 is 2.65 bits per heavy atom. The second kappa shape index (κ2) is 9.21. The highest BCUT2D eigenvalue weighted by atomic mass is 16.2. The van der Waals surface area contributed by atoms with Gasteiger partial charge in [-0.25, -0.2) is 0 Å². The van der Waals surface area contributed by atoms with Crippen molar-refractivity contribution in [3.8, 4) is 0 Å². The van der Waals surface area contributed by atoms with E-state index in [1.807, 2.05) is 24.3 Å². The molecule has 3 amide bonds. The lowest BCUT2D eigenvalue weighted by Crippen LogP contribution is -2.27. The van der Waals surface area contributed by atoms with Crippen molar-refractivity contribution in [2.24, 2.45) is 0 Å². The molecule has 1 fully saturated rings. The third kappa shape index (κ3) is 5.13. The molecular formula is C22H22N6O3. The SMILES string of the molecule is O=C(Cn1cc(NC(=O)c2ccccn2)cn1)NCc1ccc(N2CCCC2=O)cc1. The first-order valence-corrected chi connectivity index (χ1v) is 9.99. The fourth-order valence-electron chi connectivity index (χ4n) is 3.33. The minimum Gasteiger partial charge on any atom is -0.350 e. The maximum atomic E-state index is 12.2. The molecule has 0 saturated carbocycles. The summed E-state index contributed by atoms with van der Waals surface area (Å²) in [5.41, 5.74) is 2.60. The van der Waals surface area contributed by atoms with E-state index in [1.54, 1.807) is 35.5 Å². The van der Waals surface area contributed by atoms with Crippen LogP contribution in [0.5, 0.6) is 0 Å². The molecule has 0 atom stereocenters. The van der Waals surface area contributed by atoms with Gasteiger partial charge in [-0.1, -0.05) is 18.2 Å². The number of pyridine rings is 1. The van der Waals surface area contributed by atoms with Crippen LogP contribution >= 0.6 is 0 Å². The summed E-state index contributed by atoms with van der Waals surface area (Å²) < 4.78 is 1.45. The predicted molar refractivity (Wildman–Crippen MR) is 114 cm³/mol. The molecule has 1 aliphatic rings. The standard InChI is InChI=1S/C22H22N6O3/c29-20(24-12-16-6-8-18(9-7-16)28-11-3-5-21(28)30)15-27-14-17(13-25-27)26-22(31)19-4-1-2-10-23-19/h1-2,4,6-10,13-14H,3,5,11-12,15H2,(H,24,29)(H,26,31). The van der Waals surface area contributed by atoms with E-state index in [4.69, 9.17) is 0 Å². The zero-order chi connectivity index (χ0) is 21.6. The van der Waals surface area contributed by atoms with Crippen LogP contribution in [0.1, 0.15) is 28.9 Å². The smallest absolute Gasteiger partial charge is 0.274 e. The predicted octanol–water partition coefficient (Wildman–Crippen LogP) is 1.97. The molecular weight excluding hydrogens is 396 g/mol. The Morgan fingerprint density at radius 2 is 1.94 bits per heavy atom. The quantitative estimate of drug-likeness (QED) is 0.610. The molecule has 0 spiro atoms. The maximum absolute atomic E-state index is 12.2. The number of benzene rings is 1. The summed E-state index contributed by atoms with van der Waals surface area (Å²) in [4.78, 5) is 41.9. The van der Waals surface area contributed by atoms with E-state index >= 15 is 0 Å². The fraction of sp³-hybridized carbons (Fsp3) is 0.227. The molecule has 2 N–H and O–H groups in total. The Bertz CT molecular complexity index is 1080.